The fourth-order valence-electron chi connectivity index (χ4n) is 4.66. The number of rotatable bonds is 8. The quantitative estimate of drug-likeness (QED) is 0.548. The molecule has 2 fully saturated rings. The lowest BCUT2D eigenvalue weighted by Gasteiger charge is -2.36. The van der Waals surface area contributed by atoms with E-state index in [4.69, 9.17) is 9.47 Å². The maximum atomic E-state index is 13.5. The van der Waals surface area contributed by atoms with Crippen LogP contribution in [0.3, 0.4) is 0 Å². The fourth-order valence-corrected chi connectivity index (χ4v) is 4.66. The summed E-state index contributed by atoms with van der Waals surface area (Å²) >= 11 is 0. The molecule has 0 bridgehead atoms. The lowest BCUT2D eigenvalue weighted by atomic mass is 9.95. The molecule has 4 rings (SSSR count). The van der Waals surface area contributed by atoms with E-state index < -0.39 is 17.3 Å². The van der Waals surface area contributed by atoms with Crippen LogP contribution >= 0.6 is 0 Å². The van der Waals surface area contributed by atoms with E-state index in [1.165, 1.54) is 7.11 Å². The van der Waals surface area contributed by atoms with Gasteiger partial charge in [0.2, 0.25) is 0 Å². The van der Waals surface area contributed by atoms with Crippen molar-refractivity contribution in [2.24, 2.45) is 11.8 Å². The molecular formula is C27H36F3N5O3. The molecule has 2 heterocycles. The lowest BCUT2D eigenvalue weighted by Crippen LogP contribution is -2.47. The third kappa shape index (κ3) is 6.67. The Morgan fingerprint density at radius 3 is 2.29 bits per heavy atom. The van der Waals surface area contributed by atoms with E-state index in [0.29, 0.717) is 54.4 Å². The average molecular weight is 536 g/mol. The molecule has 1 aliphatic heterocycles. The predicted octanol–water partition coefficient (Wildman–Crippen LogP) is 4.00. The van der Waals surface area contributed by atoms with E-state index in [2.05, 4.69) is 20.2 Å². The molecule has 1 N–H and O–H groups in total. The van der Waals surface area contributed by atoms with Crippen LogP contribution in [0.2, 0.25) is 0 Å². The number of hydrogen-bond acceptors (Lipinski definition) is 7. The van der Waals surface area contributed by atoms with Crippen molar-refractivity contribution in [1.82, 2.24) is 20.2 Å². The number of amides is 1. The molecule has 0 radical (unpaired) electrons. The first-order valence-corrected chi connectivity index (χ1v) is 12.8. The topological polar surface area (TPSA) is 79.8 Å². The highest BCUT2D eigenvalue weighted by molar-refractivity contribution is 5.94. The van der Waals surface area contributed by atoms with Crippen molar-refractivity contribution in [2.45, 2.75) is 38.8 Å². The third-order valence-corrected chi connectivity index (χ3v) is 7.10. The summed E-state index contributed by atoms with van der Waals surface area (Å²) in [7, 11) is 3.08. The molecule has 2 atom stereocenters. The SMILES string of the molecule is COc1ccc(C(=O)NCC2CC2CN2CCN(c3cc(C(F)(F)F)nc(C(C)(C)C)n3)CC2)cc1OC. The zero-order valence-corrected chi connectivity index (χ0v) is 22.6. The normalized spacial score (nSPS) is 20.3. The molecule has 1 saturated heterocycles. The largest absolute Gasteiger partial charge is 0.493 e. The second-order valence-electron chi connectivity index (χ2n) is 11.0. The van der Waals surface area contributed by atoms with E-state index in [1.54, 1.807) is 25.3 Å². The average Bonchev–Trinajstić information content (AvgIpc) is 3.63. The Hall–Kier alpha value is -3.08. The van der Waals surface area contributed by atoms with Gasteiger partial charge in [0.15, 0.2) is 11.5 Å². The zero-order chi connectivity index (χ0) is 27.7. The summed E-state index contributed by atoms with van der Waals surface area (Å²) < 4.78 is 50.9. The number of carbonyl (C=O) groups is 1. The zero-order valence-electron chi connectivity index (χ0n) is 22.6. The number of benzene rings is 1. The summed E-state index contributed by atoms with van der Waals surface area (Å²) in [6.07, 6.45) is -3.47. The molecule has 8 nitrogen and oxygen atoms in total. The van der Waals surface area contributed by atoms with Gasteiger partial charge in [-0.25, -0.2) is 9.97 Å². The minimum absolute atomic E-state index is 0.150. The fraction of sp³-hybridized carbons (Fsp3) is 0.593. The van der Waals surface area contributed by atoms with Gasteiger partial charge in [0.1, 0.15) is 17.3 Å². The van der Waals surface area contributed by atoms with Gasteiger partial charge in [-0.15, -0.1) is 0 Å². The van der Waals surface area contributed by atoms with Gasteiger partial charge in [-0.2, -0.15) is 13.2 Å². The molecule has 1 saturated carbocycles. The van der Waals surface area contributed by atoms with Gasteiger partial charge >= 0.3 is 6.18 Å². The number of piperazine rings is 1. The minimum atomic E-state index is -4.52. The van der Waals surface area contributed by atoms with Crippen LogP contribution in [0.15, 0.2) is 24.3 Å². The molecule has 2 unspecified atom stereocenters. The molecule has 11 heteroatoms. The van der Waals surface area contributed by atoms with E-state index in [9.17, 15) is 18.0 Å². The second-order valence-corrected chi connectivity index (χ2v) is 11.0. The number of halogens is 3. The summed E-state index contributed by atoms with van der Waals surface area (Å²) in [5, 5.41) is 3.01. The van der Waals surface area contributed by atoms with Crippen LogP contribution in [-0.4, -0.2) is 74.3 Å². The third-order valence-electron chi connectivity index (χ3n) is 7.10. The Kier molecular flexibility index (Phi) is 8.06. The van der Waals surface area contributed by atoms with Gasteiger partial charge in [0, 0.05) is 56.3 Å². The first kappa shape index (κ1) is 27.9. The van der Waals surface area contributed by atoms with Gasteiger partial charge in [-0.1, -0.05) is 20.8 Å². The summed E-state index contributed by atoms with van der Waals surface area (Å²) in [5.41, 5.74) is -0.969. The number of nitrogens with one attached hydrogen (secondary N) is 1. The smallest absolute Gasteiger partial charge is 0.433 e. The number of anilines is 1. The number of alkyl halides is 3. The Morgan fingerprint density at radius 1 is 1.00 bits per heavy atom. The van der Waals surface area contributed by atoms with Crippen molar-refractivity contribution < 1.29 is 27.4 Å². The van der Waals surface area contributed by atoms with E-state index >= 15 is 0 Å². The number of ether oxygens (including phenoxy) is 2. The van der Waals surface area contributed by atoms with Gasteiger partial charge in [0.05, 0.1) is 14.2 Å². The standard InChI is InChI=1S/C27H36F3N5O3/c1-26(2,3)25-32-22(27(28,29)30)14-23(33-25)35-10-8-34(9-11-35)16-19-12-18(19)15-31-24(36)17-6-7-20(37-4)21(13-17)38-5/h6-7,13-14,18-19H,8-12,15-16H2,1-5H3,(H,31,36). The van der Waals surface area contributed by atoms with E-state index in [0.717, 1.165) is 32.1 Å². The molecule has 38 heavy (non-hydrogen) atoms. The van der Waals surface area contributed by atoms with E-state index in [-0.39, 0.29) is 11.7 Å². The van der Waals surface area contributed by atoms with Crippen molar-refractivity contribution in [1.29, 1.82) is 0 Å². The minimum Gasteiger partial charge on any atom is -0.493 e. The van der Waals surface area contributed by atoms with Crippen molar-refractivity contribution in [3.63, 3.8) is 0 Å². The molecule has 1 aromatic carbocycles. The van der Waals surface area contributed by atoms with Crippen molar-refractivity contribution >= 4 is 11.7 Å². The second kappa shape index (κ2) is 11.0. The van der Waals surface area contributed by atoms with Crippen LogP contribution in [0.1, 0.15) is 49.1 Å². The summed E-state index contributed by atoms with van der Waals surface area (Å²) in [6.45, 7) is 9.65. The molecular weight excluding hydrogens is 499 g/mol. The lowest BCUT2D eigenvalue weighted by molar-refractivity contribution is -0.141. The van der Waals surface area contributed by atoms with Crippen LogP contribution in [0, 0.1) is 11.8 Å². The number of carbonyl (C=O) groups excluding carboxylic acids is 1. The molecule has 0 spiro atoms. The molecule has 2 aliphatic rings. The Balaban J connectivity index is 1.26. The van der Waals surface area contributed by atoms with Gasteiger partial charge < -0.3 is 19.7 Å². The summed E-state index contributed by atoms with van der Waals surface area (Å²) in [6, 6.07) is 6.14. The molecule has 208 valence electrons. The van der Waals surface area contributed by atoms with Gasteiger partial charge in [-0.05, 0) is 36.5 Å². The summed E-state index contributed by atoms with van der Waals surface area (Å²) in [4.78, 5) is 25.1. The van der Waals surface area contributed by atoms with Crippen molar-refractivity contribution in [2.75, 3.05) is 58.4 Å². The monoisotopic (exact) mass is 535 g/mol. The first-order valence-electron chi connectivity index (χ1n) is 12.8. The van der Waals surface area contributed by atoms with Crippen LogP contribution in [-0.2, 0) is 11.6 Å². The molecule has 1 amide bonds. The van der Waals surface area contributed by atoms with Gasteiger partial charge in [0.25, 0.3) is 5.91 Å². The van der Waals surface area contributed by atoms with Crippen LogP contribution < -0.4 is 19.7 Å². The van der Waals surface area contributed by atoms with Crippen LogP contribution in [0.4, 0.5) is 19.0 Å². The maximum absolute atomic E-state index is 13.5. The van der Waals surface area contributed by atoms with E-state index in [1.807, 2.05) is 25.7 Å². The highest BCUT2D eigenvalue weighted by Gasteiger charge is 2.39. The Labute approximate surface area is 221 Å². The van der Waals surface area contributed by atoms with Crippen LogP contribution in [0.5, 0.6) is 11.5 Å². The first-order chi connectivity index (χ1) is 17.9. The van der Waals surface area contributed by atoms with Gasteiger partial charge in [-0.3, -0.25) is 9.69 Å². The van der Waals surface area contributed by atoms with Crippen LogP contribution in [0.25, 0.3) is 0 Å². The number of methoxy groups -OCH3 is 2. The van der Waals surface area contributed by atoms with Crippen molar-refractivity contribution in [3.8, 4) is 11.5 Å². The molecule has 2 aromatic rings. The predicted molar refractivity (Wildman–Crippen MR) is 138 cm³/mol. The molecule has 1 aromatic heterocycles. The maximum Gasteiger partial charge on any atom is 0.433 e. The number of hydrogen-bond donors (Lipinski definition) is 1. The van der Waals surface area contributed by atoms with Crippen molar-refractivity contribution in [3.05, 3.63) is 41.3 Å². The number of nitrogens with zero attached hydrogens (tertiary/aromatic N) is 4. The Bertz CT molecular complexity index is 1110. The highest BCUT2D eigenvalue weighted by Crippen LogP contribution is 2.39. The number of aromatic nitrogens is 2. The molecule has 1 aliphatic carbocycles. The summed E-state index contributed by atoms with van der Waals surface area (Å²) in [5.74, 6) is 2.37. The Morgan fingerprint density at radius 2 is 1.68 bits per heavy atom. The highest BCUT2D eigenvalue weighted by atomic mass is 19.4.